The number of hydrogen-bond acceptors (Lipinski definition) is 2. The summed E-state index contributed by atoms with van der Waals surface area (Å²) < 4.78 is 5.24. The normalized spacial score (nSPS) is 28.1. The summed E-state index contributed by atoms with van der Waals surface area (Å²) in [4.78, 5) is 0. The minimum Gasteiger partial charge on any atom is -0.497 e. The van der Waals surface area contributed by atoms with E-state index in [1.54, 1.807) is 7.11 Å². The van der Waals surface area contributed by atoms with Crippen LogP contribution >= 0.6 is 0 Å². The third kappa shape index (κ3) is 2.26. The molecule has 2 unspecified atom stereocenters. The highest BCUT2D eigenvalue weighted by molar-refractivity contribution is 5.38. The highest BCUT2D eigenvalue weighted by Gasteiger charge is 2.40. The summed E-state index contributed by atoms with van der Waals surface area (Å²) in [6.07, 6.45) is 5.44. The molecule has 0 saturated heterocycles. The Morgan fingerprint density at radius 1 is 1.39 bits per heavy atom. The van der Waals surface area contributed by atoms with Crippen molar-refractivity contribution in [3.05, 3.63) is 29.3 Å². The topological polar surface area (TPSA) is 29.5 Å². The minimum atomic E-state index is -0.636. The first kappa shape index (κ1) is 13.4. The lowest BCUT2D eigenvalue weighted by molar-refractivity contribution is -0.0562. The number of hydrogen-bond donors (Lipinski definition) is 1. The van der Waals surface area contributed by atoms with E-state index in [0.717, 1.165) is 42.6 Å². The third-order valence-electron chi connectivity index (χ3n) is 4.43. The minimum absolute atomic E-state index is 0.387. The Kier molecular flexibility index (Phi) is 3.96. The summed E-state index contributed by atoms with van der Waals surface area (Å²) in [5, 5.41) is 11.1. The Hall–Kier alpha value is -1.02. The fourth-order valence-electron chi connectivity index (χ4n) is 3.37. The summed E-state index contributed by atoms with van der Waals surface area (Å²) in [6.45, 7) is 4.25. The van der Waals surface area contributed by atoms with E-state index in [4.69, 9.17) is 4.74 Å². The van der Waals surface area contributed by atoms with E-state index in [0.29, 0.717) is 5.92 Å². The largest absolute Gasteiger partial charge is 0.497 e. The molecule has 0 aliphatic heterocycles. The highest BCUT2D eigenvalue weighted by atomic mass is 16.5. The van der Waals surface area contributed by atoms with Gasteiger partial charge in [-0.1, -0.05) is 32.3 Å². The summed E-state index contributed by atoms with van der Waals surface area (Å²) in [5.74, 6) is 1.25. The van der Waals surface area contributed by atoms with Crippen LogP contribution in [0.1, 0.15) is 50.2 Å². The van der Waals surface area contributed by atoms with Crippen LogP contribution in [0.2, 0.25) is 0 Å². The van der Waals surface area contributed by atoms with E-state index in [1.165, 1.54) is 6.42 Å². The summed E-state index contributed by atoms with van der Waals surface area (Å²) >= 11 is 0. The predicted octanol–water partition coefficient (Wildman–Crippen LogP) is 3.79. The van der Waals surface area contributed by atoms with Crippen molar-refractivity contribution < 1.29 is 9.84 Å². The molecule has 1 aromatic carbocycles. The lowest BCUT2D eigenvalue weighted by atomic mass is 9.69. The van der Waals surface area contributed by atoms with E-state index >= 15 is 0 Å². The summed E-state index contributed by atoms with van der Waals surface area (Å²) in [7, 11) is 1.68. The van der Waals surface area contributed by atoms with Gasteiger partial charge in [-0.15, -0.1) is 0 Å². The molecule has 1 aromatic rings. The first-order chi connectivity index (χ1) is 8.61. The number of benzene rings is 1. The van der Waals surface area contributed by atoms with Crippen molar-refractivity contribution in [1.29, 1.82) is 0 Å². The van der Waals surface area contributed by atoms with Gasteiger partial charge in [0.25, 0.3) is 0 Å². The Labute approximate surface area is 110 Å². The van der Waals surface area contributed by atoms with Gasteiger partial charge in [0.05, 0.1) is 12.7 Å². The van der Waals surface area contributed by atoms with Gasteiger partial charge in [0.1, 0.15) is 5.75 Å². The molecular weight excluding hydrogens is 224 g/mol. The van der Waals surface area contributed by atoms with Crippen LogP contribution in [0.4, 0.5) is 0 Å². The fraction of sp³-hybridized carbons (Fsp3) is 0.625. The Morgan fingerprint density at radius 2 is 2.17 bits per heavy atom. The number of rotatable bonds is 3. The van der Waals surface area contributed by atoms with E-state index < -0.39 is 5.60 Å². The van der Waals surface area contributed by atoms with Gasteiger partial charge in [0, 0.05) is 0 Å². The molecule has 1 aliphatic carbocycles. The van der Waals surface area contributed by atoms with Crippen molar-refractivity contribution in [3.8, 4) is 5.75 Å². The molecule has 1 saturated carbocycles. The van der Waals surface area contributed by atoms with Gasteiger partial charge >= 0.3 is 0 Å². The molecule has 2 nitrogen and oxygen atoms in total. The molecule has 1 fully saturated rings. The zero-order chi connectivity index (χ0) is 13.2. The lowest BCUT2D eigenvalue weighted by Gasteiger charge is -2.41. The highest BCUT2D eigenvalue weighted by Crippen LogP contribution is 2.44. The van der Waals surface area contributed by atoms with Gasteiger partial charge in [0.2, 0.25) is 0 Å². The maximum Gasteiger partial charge on any atom is 0.119 e. The molecule has 18 heavy (non-hydrogen) atoms. The molecule has 0 heterocycles. The van der Waals surface area contributed by atoms with Crippen molar-refractivity contribution >= 4 is 0 Å². The Bertz CT molecular complexity index is 414. The van der Waals surface area contributed by atoms with Crippen LogP contribution in [0.15, 0.2) is 18.2 Å². The first-order valence-electron chi connectivity index (χ1n) is 6.99. The number of ether oxygens (including phenoxy) is 1. The average Bonchev–Trinajstić information content (AvgIpc) is 2.38. The zero-order valence-corrected chi connectivity index (χ0v) is 11.7. The molecule has 1 N–H and O–H groups in total. The smallest absolute Gasteiger partial charge is 0.119 e. The number of aryl methyl sites for hydroxylation is 1. The van der Waals surface area contributed by atoms with Crippen LogP contribution in [0, 0.1) is 12.8 Å². The molecule has 0 aromatic heterocycles. The van der Waals surface area contributed by atoms with E-state index in [-0.39, 0.29) is 0 Å². The van der Waals surface area contributed by atoms with Crippen molar-refractivity contribution in [2.45, 2.75) is 51.6 Å². The molecule has 0 amide bonds. The number of methoxy groups -OCH3 is 1. The molecule has 2 rings (SSSR count). The fourth-order valence-corrected chi connectivity index (χ4v) is 3.37. The second-order valence-corrected chi connectivity index (χ2v) is 5.46. The first-order valence-corrected chi connectivity index (χ1v) is 6.99. The van der Waals surface area contributed by atoms with Crippen LogP contribution in [0.5, 0.6) is 5.75 Å². The van der Waals surface area contributed by atoms with Gasteiger partial charge in [-0.2, -0.15) is 0 Å². The molecule has 0 spiro atoms. The molecule has 2 atom stereocenters. The predicted molar refractivity (Wildman–Crippen MR) is 73.9 cm³/mol. The van der Waals surface area contributed by atoms with Crippen molar-refractivity contribution in [2.75, 3.05) is 7.11 Å². The second-order valence-electron chi connectivity index (χ2n) is 5.46. The number of aliphatic hydroxyl groups is 1. The Morgan fingerprint density at radius 3 is 2.78 bits per heavy atom. The second kappa shape index (κ2) is 5.31. The van der Waals surface area contributed by atoms with Crippen molar-refractivity contribution in [1.82, 2.24) is 0 Å². The van der Waals surface area contributed by atoms with Crippen molar-refractivity contribution in [2.24, 2.45) is 5.92 Å². The Balaban J connectivity index is 2.38. The lowest BCUT2D eigenvalue weighted by Crippen LogP contribution is -2.38. The molecule has 0 radical (unpaired) electrons. The quantitative estimate of drug-likeness (QED) is 0.881. The van der Waals surface area contributed by atoms with Gasteiger partial charge in [-0.25, -0.2) is 0 Å². The summed E-state index contributed by atoms with van der Waals surface area (Å²) in [6, 6.07) is 6.03. The molecule has 100 valence electrons. The molecular formula is C16H24O2. The standard InChI is InChI=1S/C16H24O2/c1-4-13-7-5-6-10-16(13,17)15-9-8-14(18-3)11-12(15)2/h8-9,11,13,17H,4-7,10H2,1-3H3. The van der Waals surface area contributed by atoms with Gasteiger partial charge < -0.3 is 9.84 Å². The SMILES string of the molecule is CCC1CCCCC1(O)c1ccc(OC)cc1C. The van der Waals surface area contributed by atoms with Crippen LogP contribution in [-0.2, 0) is 5.60 Å². The zero-order valence-electron chi connectivity index (χ0n) is 11.7. The average molecular weight is 248 g/mol. The summed E-state index contributed by atoms with van der Waals surface area (Å²) in [5.41, 5.74) is 1.59. The van der Waals surface area contributed by atoms with Gasteiger partial charge in [0.15, 0.2) is 0 Å². The molecule has 2 heteroatoms. The monoisotopic (exact) mass is 248 g/mol. The van der Waals surface area contributed by atoms with Gasteiger partial charge in [-0.3, -0.25) is 0 Å². The third-order valence-corrected chi connectivity index (χ3v) is 4.43. The van der Waals surface area contributed by atoms with E-state index in [1.807, 2.05) is 18.2 Å². The molecule has 0 bridgehead atoms. The van der Waals surface area contributed by atoms with Crippen LogP contribution in [0.25, 0.3) is 0 Å². The van der Waals surface area contributed by atoms with E-state index in [9.17, 15) is 5.11 Å². The van der Waals surface area contributed by atoms with E-state index in [2.05, 4.69) is 13.8 Å². The van der Waals surface area contributed by atoms with Crippen LogP contribution in [0.3, 0.4) is 0 Å². The molecule has 1 aliphatic rings. The van der Waals surface area contributed by atoms with Crippen LogP contribution in [-0.4, -0.2) is 12.2 Å². The maximum atomic E-state index is 11.1. The van der Waals surface area contributed by atoms with Crippen molar-refractivity contribution in [3.63, 3.8) is 0 Å². The van der Waals surface area contributed by atoms with Gasteiger partial charge in [-0.05, 0) is 48.9 Å². The van der Waals surface area contributed by atoms with Crippen LogP contribution < -0.4 is 4.74 Å². The maximum absolute atomic E-state index is 11.1.